The summed E-state index contributed by atoms with van der Waals surface area (Å²) in [6, 6.07) is 5.98. The number of hydrogen-bond acceptors (Lipinski definition) is 6. The highest BCUT2D eigenvalue weighted by atomic mass is 32.2. The molecule has 0 saturated heterocycles. The van der Waals surface area contributed by atoms with E-state index in [1.165, 1.54) is 28.0 Å². The minimum Gasteiger partial charge on any atom is -0.383 e. The number of aromatic nitrogens is 2. The SMILES string of the molecule is COCCn1c(S[C@H](C)C(N)=O)nc2scc(-c3ccc(F)cc3)c2c1=O. The van der Waals surface area contributed by atoms with Crippen molar-refractivity contribution >= 4 is 39.2 Å². The standard InChI is InChI=1S/C18H18FN3O3S2/c1-10(15(20)23)27-18-21-16-14(17(24)22(18)7-8-25-2)13(9-26-16)11-3-5-12(19)6-4-11/h3-6,9-10H,7-8H2,1-2H3,(H2,20,23)/t10-/m1/s1. The van der Waals surface area contributed by atoms with Crippen molar-refractivity contribution in [1.82, 2.24) is 9.55 Å². The van der Waals surface area contributed by atoms with Crippen molar-refractivity contribution in [2.75, 3.05) is 13.7 Å². The first-order chi connectivity index (χ1) is 12.9. The predicted molar refractivity (Wildman–Crippen MR) is 106 cm³/mol. The van der Waals surface area contributed by atoms with Crippen LogP contribution in [-0.2, 0) is 16.1 Å². The minimum absolute atomic E-state index is 0.225. The topological polar surface area (TPSA) is 87.2 Å². The summed E-state index contributed by atoms with van der Waals surface area (Å²) in [6.45, 7) is 2.29. The molecule has 9 heteroatoms. The lowest BCUT2D eigenvalue weighted by Gasteiger charge is -2.14. The van der Waals surface area contributed by atoms with Gasteiger partial charge in [-0.25, -0.2) is 9.37 Å². The van der Waals surface area contributed by atoms with Gasteiger partial charge in [0.1, 0.15) is 10.6 Å². The Hall–Kier alpha value is -2.23. The Balaban J connectivity index is 2.17. The van der Waals surface area contributed by atoms with Crippen LogP contribution in [0.2, 0.25) is 0 Å². The van der Waals surface area contributed by atoms with Gasteiger partial charge in [-0.2, -0.15) is 0 Å². The van der Waals surface area contributed by atoms with Crippen molar-refractivity contribution in [3.63, 3.8) is 0 Å². The molecule has 2 aromatic heterocycles. The third kappa shape index (κ3) is 4.05. The lowest BCUT2D eigenvalue weighted by molar-refractivity contribution is -0.117. The molecule has 1 amide bonds. The lowest BCUT2D eigenvalue weighted by atomic mass is 10.1. The molecule has 2 heterocycles. The average molecular weight is 407 g/mol. The Kier molecular flexibility index (Phi) is 5.93. The van der Waals surface area contributed by atoms with Crippen molar-refractivity contribution in [2.24, 2.45) is 5.73 Å². The molecular weight excluding hydrogens is 389 g/mol. The fourth-order valence-corrected chi connectivity index (χ4v) is 4.41. The van der Waals surface area contributed by atoms with E-state index in [1.54, 1.807) is 26.2 Å². The molecule has 3 aromatic rings. The van der Waals surface area contributed by atoms with Crippen LogP contribution in [0.3, 0.4) is 0 Å². The summed E-state index contributed by atoms with van der Waals surface area (Å²) in [5.41, 5.74) is 6.57. The van der Waals surface area contributed by atoms with Crippen LogP contribution >= 0.6 is 23.1 Å². The largest absolute Gasteiger partial charge is 0.383 e. The molecule has 2 N–H and O–H groups in total. The number of carbonyl (C=O) groups is 1. The van der Waals surface area contributed by atoms with Crippen LogP contribution in [0.4, 0.5) is 4.39 Å². The van der Waals surface area contributed by atoms with Crippen molar-refractivity contribution < 1.29 is 13.9 Å². The van der Waals surface area contributed by atoms with Crippen LogP contribution in [0, 0.1) is 5.82 Å². The minimum atomic E-state index is -0.528. The molecule has 0 unspecified atom stereocenters. The first-order valence-electron chi connectivity index (χ1n) is 8.15. The fourth-order valence-electron chi connectivity index (χ4n) is 2.53. The molecule has 0 aliphatic carbocycles. The third-order valence-electron chi connectivity index (χ3n) is 4.02. The van der Waals surface area contributed by atoms with Gasteiger partial charge in [0.15, 0.2) is 5.16 Å². The van der Waals surface area contributed by atoms with Gasteiger partial charge in [-0.15, -0.1) is 11.3 Å². The molecule has 1 atom stereocenters. The van der Waals surface area contributed by atoms with Gasteiger partial charge in [-0.3, -0.25) is 14.2 Å². The van der Waals surface area contributed by atoms with Crippen molar-refractivity contribution in [2.45, 2.75) is 23.9 Å². The summed E-state index contributed by atoms with van der Waals surface area (Å²) in [4.78, 5) is 29.8. The number of fused-ring (bicyclic) bond motifs is 1. The van der Waals surface area contributed by atoms with E-state index in [1.807, 2.05) is 5.38 Å². The second-order valence-electron chi connectivity index (χ2n) is 5.84. The second-order valence-corrected chi connectivity index (χ2v) is 8.01. The van der Waals surface area contributed by atoms with Gasteiger partial charge in [0.2, 0.25) is 5.91 Å². The zero-order valence-electron chi connectivity index (χ0n) is 14.8. The second kappa shape index (κ2) is 8.20. The molecular formula is C18H18FN3O3S2. The van der Waals surface area contributed by atoms with Gasteiger partial charge in [-0.05, 0) is 24.6 Å². The van der Waals surface area contributed by atoms with Gasteiger partial charge in [0, 0.05) is 18.1 Å². The third-order valence-corrected chi connectivity index (χ3v) is 6.00. The van der Waals surface area contributed by atoms with E-state index in [0.717, 1.165) is 17.3 Å². The predicted octanol–water partition coefficient (Wildman–Crippen LogP) is 2.88. The molecule has 0 saturated carbocycles. The molecule has 0 spiro atoms. The maximum Gasteiger partial charge on any atom is 0.263 e. The number of methoxy groups -OCH3 is 1. The molecule has 0 radical (unpaired) electrons. The Morgan fingerprint density at radius 1 is 1.41 bits per heavy atom. The van der Waals surface area contributed by atoms with Crippen LogP contribution in [0.25, 0.3) is 21.3 Å². The summed E-state index contributed by atoms with van der Waals surface area (Å²) >= 11 is 2.47. The van der Waals surface area contributed by atoms with Gasteiger partial charge in [-0.1, -0.05) is 23.9 Å². The monoisotopic (exact) mass is 407 g/mol. The molecule has 0 aliphatic heterocycles. The molecule has 3 rings (SSSR count). The number of nitrogens with zero attached hydrogens (tertiary/aromatic N) is 2. The summed E-state index contributed by atoms with van der Waals surface area (Å²) in [7, 11) is 1.55. The molecule has 27 heavy (non-hydrogen) atoms. The number of thiophene rings is 1. The maximum absolute atomic E-state index is 13.2. The molecule has 6 nitrogen and oxygen atoms in total. The van der Waals surface area contributed by atoms with E-state index in [0.29, 0.717) is 34.1 Å². The lowest BCUT2D eigenvalue weighted by Crippen LogP contribution is -2.28. The van der Waals surface area contributed by atoms with Crippen LogP contribution in [0.15, 0.2) is 39.6 Å². The van der Waals surface area contributed by atoms with Crippen LogP contribution in [-0.4, -0.2) is 34.4 Å². The maximum atomic E-state index is 13.2. The molecule has 0 aliphatic rings. The number of thioether (sulfide) groups is 1. The highest BCUT2D eigenvalue weighted by molar-refractivity contribution is 8.00. The van der Waals surface area contributed by atoms with Gasteiger partial charge >= 0.3 is 0 Å². The summed E-state index contributed by atoms with van der Waals surface area (Å²) in [5, 5.41) is 2.20. The number of amides is 1. The normalized spacial score (nSPS) is 12.4. The first kappa shape index (κ1) is 19.5. The summed E-state index contributed by atoms with van der Waals surface area (Å²) < 4.78 is 19.8. The zero-order valence-corrected chi connectivity index (χ0v) is 16.4. The van der Waals surface area contributed by atoms with Crippen LogP contribution in [0.5, 0.6) is 0 Å². The number of carbonyl (C=O) groups excluding carboxylic acids is 1. The number of halogens is 1. The number of ether oxygens (including phenoxy) is 1. The van der Waals surface area contributed by atoms with E-state index in [-0.39, 0.29) is 11.4 Å². The first-order valence-corrected chi connectivity index (χ1v) is 9.91. The van der Waals surface area contributed by atoms with E-state index >= 15 is 0 Å². The fraction of sp³-hybridized carbons (Fsp3) is 0.278. The van der Waals surface area contributed by atoms with Crippen molar-refractivity contribution in [3.05, 3.63) is 45.8 Å². The quantitative estimate of drug-likeness (QED) is 0.481. The Bertz CT molecular complexity index is 1030. The van der Waals surface area contributed by atoms with Gasteiger partial charge < -0.3 is 10.5 Å². The van der Waals surface area contributed by atoms with E-state index in [9.17, 15) is 14.0 Å². The summed E-state index contributed by atoms with van der Waals surface area (Å²) in [6.07, 6.45) is 0. The zero-order chi connectivity index (χ0) is 19.6. The molecule has 142 valence electrons. The van der Waals surface area contributed by atoms with Crippen LogP contribution < -0.4 is 11.3 Å². The Labute approximate surface area is 163 Å². The molecule has 1 aromatic carbocycles. The smallest absolute Gasteiger partial charge is 0.263 e. The molecule has 0 fully saturated rings. The van der Waals surface area contributed by atoms with Crippen LogP contribution in [0.1, 0.15) is 6.92 Å². The average Bonchev–Trinajstić information content (AvgIpc) is 3.06. The number of primary amides is 1. The number of nitrogens with two attached hydrogens (primary N) is 1. The van der Waals surface area contributed by atoms with E-state index < -0.39 is 11.2 Å². The van der Waals surface area contributed by atoms with Gasteiger partial charge in [0.05, 0.1) is 23.8 Å². The van der Waals surface area contributed by atoms with E-state index in [4.69, 9.17) is 10.5 Å². The number of hydrogen-bond donors (Lipinski definition) is 1. The summed E-state index contributed by atoms with van der Waals surface area (Å²) in [5.74, 6) is -0.821. The van der Waals surface area contributed by atoms with Crippen molar-refractivity contribution in [1.29, 1.82) is 0 Å². The number of rotatable bonds is 7. The van der Waals surface area contributed by atoms with Gasteiger partial charge in [0.25, 0.3) is 5.56 Å². The Morgan fingerprint density at radius 3 is 2.74 bits per heavy atom. The highest BCUT2D eigenvalue weighted by Gasteiger charge is 2.20. The Morgan fingerprint density at radius 2 is 2.11 bits per heavy atom. The molecule has 0 bridgehead atoms. The number of benzene rings is 1. The van der Waals surface area contributed by atoms with E-state index in [2.05, 4.69) is 4.98 Å². The van der Waals surface area contributed by atoms with Crippen molar-refractivity contribution in [3.8, 4) is 11.1 Å². The highest BCUT2D eigenvalue weighted by Crippen LogP contribution is 2.33.